The van der Waals surface area contributed by atoms with E-state index in [2.05, 4.69) is 36.2 Å². The maximum absolute atomic E-state index is 13.5. The van der Waals surface area contributed by atoms with Gasteiger partial charge in [0.1, 0.15) is 16.6 Å². The molecule has 37 heavy (non-hydrogen) atoms. The van der Waals surface area contributed by atoms with Crippen LogP contribution in [0.25, 0.3) is 0 Å². The number of sulfone groups is 1. The molecule has 208 valence electrons. The number of ether oxygens (including phenoxy) is 2. The van der Waals surface area contributed by atoms with Crippen molar-refractivity contribution >= 4 is 27.5 Å². The van der Waals surface area contributed by atoms with Gasteiger partial charge in [-0.25, -0.2) is 13.2 Å². The number of hydrogen-bond acceptors (Lipinski definition) is 7. The van der Waals surface area contributed by atoms with Crippen LogP contribution in [0.2, 0.25) is 0 Å². The molecule has 10 heteroatoms. The van der Waals surface area contributed by atoms with Crippen molar-refractivity contribution in [1.82, 2.24) is 10.2 Å². The second-order valence-electron chi connectivity index (χ2n) is 11.8. The quantitative estimate of drug-likeness (QED) is 0.541. The molecule has 0 aromatic heterocycles. The summed E-state index contributed by atoms with van der Waals surface area (Å²) in [7, 11) is -3.77. The van der Waals surface area contributed by atoms with Crippen LogP contribution in [0.3, 0.4) is 0 Å². The molecule has 0 radical (unpaired) electrons. The Morgan fingerprint density at radius 2 is 1.78 bits per heavy atom. The smallest absolute Gasteiger partial charge is 0.407 e. The summed E-state index contributed by atoms with van der Waals surface area (Å²) in [6.07, 6.45) is 0.290. The molecule has 9 nitrogen and oxygen atoms in total. The Morgan fingerprint density at radius 3 is 2.38 bits per heavy atom. The number of fused-ring (bicyclic) bond motifs is 4. The van der Waals surface area contributed by atoms with Crippen molar-refractivity contribution in [3.05, 3.63) is 24.3 Å². The monoisotopic (exact) mass is 537 g/mol. The van der Waals surface area contributed by atoms with Crippen LogP contribution in [0.1, 0.15) is 54.9 Å². The largest absolute Gasteiger partial charge is 0.494 e. The fourth-order valence-corrected chi connectivity index (χ4v) is 6.59. The lowest BCUT2D eigenvalue weighted by molar-refractivity contribution is -0.130. The summed E-state index contributed by atoms with van der Waals surface area (Å²) in [5.74, 6) is 0.345. The van der Waals surface area contributed by atoms with Crippen molar-refractivity contribution < 1.29 is 27.5 Å². The predicted molar refractivity (Wildman–Crippen MR) is 145 cm³/mol. The number of alkyl carbamates (subject to hydrolysis) is 1. The van der Waals surface area contributed by atoms with Gasteiger partial charge >= 0.3 is 6.09 Å². The zero-order valence-corrected chi connectivity index (χ0v) is 24.1. The molecule has 3 aliphatic heterocycles. The zero-order valence-electron chi connectivity index (χ0n) is 23.2. The molecule has 0 saturated carbocycles. The molecule has 4 rings (SSSR count). The highest BCUT2D eigenvalue weighted by Crippen LogP contribution is 2.43. The van der Waals surface area contributed by atoms with Crippen LogP contribution in [0.4, 0.5) is 10.5 Å². The van der Waals surface area contributed by atoms with Crippen LogP contribution < -0.4 is 15.0 Å². The van der Waals surface area contributed by atoms with Gasteiger partial charge in [-0.15, -0.1) is 0 Å². The highest BCUT2D eigenvalue weighted by molar-refractivity contribution is 7.92. The second kappa shape index (κ2) is 11.1. The van der Waals surface area contributed by atoms with E-state index in [1.54, 1.807) is 25.7 Å². The number of hydrogen-bond donors (Lipinski definition) is 1. The van der Waals surface area contributed by atoms with Crippen molar-refractivity contribution in [1.29, 1.82) is 0 Å². The summed E-state index contributed by atoms with van der Waals surface area (Å²) in [6.45, 7) is 15.4. The van der Waals surface area contributed by atoms with Gasteiger partial charge in [0.15, 0.2) is 9.84 Å². The molecule has 3 saturated heterocycles. The van der Waals surface area contributed by atoms with Gasteiger partial charge in [-0.1, -0.05) is 13.8 Å². The Balaban J connectivity index is 1.69. The van der Waals surface area contributed by atoms with Crippen molar-refractivity contribution in [2.75, 3.05) is 43.4 Å². The third-order valence-electron chi connectivity index (χ3n) is 7.15. The lowest BCUT2D eigenvalue weighted by atomic mass is 9.73. The van der Waals surface area contributed by atoms with Crippen LogP contribution in [-0.2, 0) is 19.4 Å². The molecule has 1 unspecified atom stereocenters. The Bertz CT molecular complexity index is 1060. The SMILES string of the molecule is CCOc1ccc(N2C[C@H]3CN(C(=O)C(C)S(=O)(=O)CCNC(=O)OC(C)(C)C)C[C@@H]2C(C)(C)C3)cc1. The van der Waals surface area contributed by atoms with E-state index in [1.807, 2.05) is 19.1 Å². The highest BCUT2D eigenvalue weighted by atomic mass is 32.2. The number of nitrogens with zero attached hydrogens (tertiary/aromatic N) is 2. The highest BCUT2D eigenvalue weighted by Gasteiger charge is 2.48. The number of benzene rings is 1. The number of carbonyl (C=O) groups is 2. The van der Waals surface area contributed by atoms with Gasteiger partial charge in [0.2, 0.25) is 5.91 Å². The summed E-state index contributed by atoms with van der Waals surface area (Å²) in [5, 5.41) is 1.28. The van der Waals surface area contributed by atoms with Gasteiger partial charge in [0, 0.05) is 31.9 Å². The molecule has 2 bridgehead atoms. The van der Waals surface area contributed by atoms with E-state index in [9.17, 15) is 18.0 Å². The van der Waals surface area contributed by atoms with Crippen molar-refractivity contribution in [2.24, 2.45) is 11.3 Å². The normalized spacial score (nSPS) is 22.2. The maximum Gasteiger partial charge on any atom is 0.407 e. The Labute approximate surface area is 221 Å². The Kier molecular flexibility index (Phi) is 8.71. The lowest BCUT2D eigenvalue weighted by Gasteiger charge is -2.48. The van der Waals surface area contributed by atoms with Crippen molar-refractivity contribution in [3.8, 4) is 5.75 Å². The van der Waals surface area contributed by atoms with Crippen LogP contribution in [0, 0.1) is 11.3 Å². The molecular formula is C27H43N3O6S. The molecule has 3 aliphatic rings. The number of piperidine rings is 1. The van der Waals surface area contributed by atoms with E-state index in [1.165, 1.54) is 6.92 Å². The second-order valence-corrected chi connectivity index (χ2v) is 14.3. The number of amides is 2. The van der Waals surface area contributed by atoms with Crippen LogP contribution in [0.15, 0.2) is 24.3 Å². The number of nitrogens with one attached hydrogen (secondary N) is 1. The van der Waals surface area contributed by atoms with E-state index >= 15 is 0 Å². The van der Waals surface area contributed by atoms with Crippen LogP contribution >= 0.6 is 0 Å². The maximum atomic E-state index is 13.5. The average molecular weight is 538 g/mol. The molecular weight excluding hydrogens is 494 g/mol. The van der Waals surface area contributed by atoms with E-state index < -0.39 is 26.8 Å². The fraction of sp³-hybridized carbons (Fsp3) is 0.704. The zero-order chi connectivity index (χ0) is 27.6. The third kappa shape index (κ3) is 7.30. The van der Waals surface area contributed by atoms with E-state index in [-0.39, 0.29) is 35.6 Å². The van der Waals surface area contributed by atoms with Gasteiger partial charge in [-0.05, 0) is 76.6 Å². The van der Waals surface area contributed by atoms with Crippen molar-refractivity contribution in [2.45, 2.75) is 71.8 Å². The number of carbonyl (C=O) groups excluding carboxylic acids is 2. The minimum atomic E-state index is -3.77. The van der Waals surface area contributed by atoms with Gasteiger partial charge in [-0.3, -0.25) is 4.79 Å². The van der Waals surface area contributed by atoms with Gasteiger partial charge in [0.25, 0.3) is 0 Å². The molecule has 1 aromatic rings. The standard InChI is InChI=1S/C27H43N3O6S/c1-8-35-22-11-9-21(10-12-22)30-17-20-15-27(6,7)23(30)18-29(16-20)24(31)19(2)37(33,34)14-13-28-25(32)36-26(3,4)5/h9-12,19-20,23H,8,13-18H2,1-7H3,(H,28,32)/t19?,20-,23-/m1/s1. The first-order chi connectivity index (χ1) is 17.1. The lowest BCUT2D eigenvalue weighted by Crippen LogP contribution is -2.54. The van der Waals surface area contributed by atoms with Crippen molar-refractivity contribution in [3.63, 3.8) is 0 Å². The Morgan fingerprint density at radius 1 is 1.14 bits per heavy atom. The molecule has 2 amide bonds. The minimum absolute atomic E-state index is 0.0456. The molecule has 0 spiro atoms. The number of anilines is 1. The van der Waals surface area contributed by atoms with E-state index in [0.717, 1.165) is 24.4 Å². The summed E-state index contributed by atoms with van der Waals surface area (Å²) in [5.41, 5.74) is 0.357. The number of rotatable bonds is 8. The van der Waals surface area contributed by atoms with E-state index in [4.69, 9.17) is 9.47 Å². The minimum Gasteiger partial charge on any atom is -0.494 e. The first-order valence-corrected chi connectivity index (χ1v) is 14.8. The topological polar surface area (TPSA) is 105 Å². The van der Waals surface area contributed by atoms with Gasteiger partial charge in [0.05, 0.1) is 18.4 Å². The first kappa shape index (κ1) is 29.1. The molecule has 0 aliphatic carbocycles. The molecule has 1 aromatic carbocycles. The summed E-state index contributed by atoms with van der Waals surface area (Å²) in [4.78, 5) is 29.4. The summed E-state index contributed by atoms with van der Waals surface area (Å²) < 4.78 is 36.7. The molecule has 3 atom stereocenters. The predicted octanol–water partition coefficient (Wildman–Crippen LogP) is 3.48. The summed E-state index contributed by atoms with van der Waals surface area (Å²) in [6, 6.07) is 8.09. The fourth-order valence-electron chi connectivity index (χ4n) is 5.40. The van der Waals surface area contributed by atoms with E-state index in [0.29, 0.717) is 19.7 Å². The van der Waals surface area contributed by atoms with Crippen LogP contribution in [-0.4, -0.2) is 80.7 Å². The van der Waals surface area contributed by atoms with Crippen LogP contribution in [0.5, 0.6) is 5.75 Å². The summed E-state index contributed by atoms with van der Waals surface area (Å²) >= 11 is 0. The van der Waals surface area contributed by atoms with Gasteiger partial charge in [-0.2, -0.15) is 0 Å². The average Bonchev–Trinajstić information content (AvgIpc) is 3.04. The third-order valence-corrected chi connectivity index (χ3v) is 9.20. The Hall–Kier alpha value is -2.49. The molecule has 3 fully saturated rings. The molecule has 3 heterocycles. The van der Waals surface area contributed by atoms with Gasteiger partial charge < -0.3 is 24.6 Å². The first-order valence-electron chi connectivity index (χ1n) is 13.1. The molecule has 1 N–H and O–H groups in total.